The maximum absolute atomic E-state index is 12.3. The first kappa shape index (κ1) is 11.9. The number of nitrogens with one attached hydrogen (secondary N) is 1. The molecular weight excluding hydrogens is 276 g/mol. The summed E-state index contributed by atoms with van der Waals surface area (Å²) < 4.78 is 1.84. The fourth-order valence-electron chi connectivity index (χ4n) is 3.17. The van der Waals surface area contributed by atoms with E-state index in [9.17, 15) is 4.79 Å². The highest BCUT2D eigenvalue weighted by Gasteiger charge is 2.23. The zero-order valence-corrected chi connectivity index (χ0v) is 11.5. The molecule has 0 bridgehead atoms. The topological polar surface area (TPSA) is 63.6 Å². The Morgan fingerprint density at radius 1 is 1.25 bits per heavy atom. The van der Waals surface area contributed by atoms with Crippen molar-refractivity contribution in [2.75, 3.05) is 0 Å². The number of aromatic amines is 1. The second-order valence-electron chi connectivity index (χ2n) is 5.30. The van der Waals surface area contributed by atoms with E-state index in [0.29, 0.717) is 10.7 Å². The summed E-state index contributed by atoms with van der Waals surface area (Å²) >= 11 is 6.09. The second-order valence-corrected chi connectivity index (χ2v) is 5.73. The highest BCUT2D eigenvalue weighted by Crippen LogP contribution is 2.32. The summed E-state index contributed by atoms with van der Waals surface area (Å²) in [7, 11) is 0. The van der Waals surface area contributed by atoms with Gasteiger partial charge in [-0.15, -0.1) is 10.2 Å². The van der Waals surface area contributed by atoms with Crippen LogP contribution in [-0.2, 0) is 0 Å². The van der Waals surface area contributed by atoms with E-state index in [4.69, 9.17) is 11.6 Å². The van der Waals surface area contributed by atoms with Gasteiger partial charge in [0, 0.05) is 16.5 Å². The molecule has 0 amide bonds. The molecule has 1 N–H and O–H groups in total. The van der Waals surface area contributed by atoms with E-state index >= 15 is 0 Å². The first-order chi connectivity index (χ1) is 9.74. The number of hydrogen-bond acceptors (Lipinski definition) is 3. The molecule has 1 aliphatic rings. The van der Waals surface area contributed by atoms with Crippen molar-refractivity contribution in [3.8, 4) is 0 Å². The molecule has 102 valence electrons. The highest BCUT2D eigenvalue weighted by molar-refractivity contribution is 6.31. The lowest BCUT2D eigenvalue weighted by Crippen LogP contribution is -2.20. The van der Waals surface area contributed by atoms with E-state index in [0.717, 1.165) is 29.3 Å². The number of hydrogen-bond donors (Lipinski definition) is 1. The predicted octanol–water partition coefficient (Wildman–Crippen LogP) is 3.04. The van der Waals surface area contributed by atoms with Gasteiger partial charge >= 0.3 is 5.69 Å². The molecule has 1 fully saturated rings. The summed E-state index contributed by atoms with van der Waals surface area (Å²) in [5.41, 5.74) is 2.02. The van der Waals surface area contributed by atoms with Gasteiger partial charge in [0.1, 0.15) is 5.52 Å². The van der Waals surface area contributed by atoms with Crippen molar-refractivity contribution >= 4 is 33.7 Å². The molecule has 0 atom stereocenters. The van der Waals surface area contributed by atoms with Crippen LogP contribution in [0.25, 0.3) is 22.1 Å². The molecule has 0 aliphatic heterocycles. The Morgan fingerprint density at radius 3 is 2.85 bits per heavy atom. The minimum absolute atomic E-state index is 0.103. The average molecular weight is 289 g/mol. The number of halogens is 1. The molecule has 0 radical (unpaired) electrons. The van der Waals surface area contributed by atoms with Crippen LogP contribution in [0.1, 0.15) is 31.7 Å². The predicted molar refractivity (Wildman–Crippen MR) is 78.2 cm³/mol. The normalized spacial score (nSPS) is 16.4. The lowest BCUT2D eigenvalue weighted by Gasteiger charge is -2.12. The van der Waals surface area contributed by atoms with Crippen molar-refractivity contribution in [1.29, 1.82) is 0 Å². The van der Waals surface area contributed by atoms with Gasteiger partial charge in [-0.25, -0.2) is 4.79 Å². The van der Waals surface area contributed by atoms with Gasteiger partial charge in [0.05, 0.1) is 5.52 Å². The maximum Gasteiger partial charge on any atom is 0.327 e. The first-order valence-electron chi connectivity index (χ1n) is 6.80. The quantitative estimate of drug-likeness (QED) is 0.748. The van der Waals surface area contributed by atoms with E-state index in [1.807, 2.05) is 16.7 Å². The largest absolute Gasteiger partial charge is 0.327 e. The Hall–Kier alpha value is -1.88. The second kappa shape index (κ2) is 4.31. The van der Waals surface area contributed by atoms with Gasteiger partial charge < -0.3 is 0 Å². The Morgan fingerprint density at radius 2 is 2.05 bits per heavy atom. The Bertz CT molecular complexity index is 861. The van der Waals surface area contributed by atoms with E-state index in [2.05, 4.69) is 15.2 Å². The minimum Gasteiger partial charge on any atom is -0.289 e. The molecule has 0 unspecified atom stereocenters. The van der Waals surface area contributed by atoms with Crippen molar-refractivity contribution in [2.24, 2.45) is 0 Å². The van der Waals surface area contributed by atoms with Crippen molar-refractivity contribution in [3.63, 3.8) is 0 Å². The Kier molecular flexibility index (Phi) is 2.57. The van der Waals surface area contributed by atoms with Crippen molar-refractivity contribution in [1.82, 2.24) is 19.7 Å². The number of fused-ring (bicyclic) bond motifs is 3. The molecule has 1 saturated carbocycles. The maximum atomic E-state index is 12.3. The van der Waals surface area contributed by atoms with Crippen LogP contribution >= 0.6 is 11.6 Å². The summed E-state index contributed by atoms with van der Waals surface area (Å²) in [6.45, 7) is 0. The van der Waals surface area contributed by atoms with Crippen LogP contribution in [0.2, 0.25) is 5.02 Å². The molecule has 20 heavy (non-hydrogen) atoms. The molecular formula is C14H13ClN4O. The summed E-state index contributed by atoms with van der Waals surface area (Å²) in [4.78, 5) is 15.1. The lowest BCUT2D eigenvalue weighted by molar-refractivity contribution is 0.519. The number of benzene rings is 1. The van der Waals surface area contributed by atoms with Gasteiger partial charge in [-0.05, 0) is 31.0 Å². The van der Waals surface area contributed by atoms with E-state index in [-0.39, 0.29) is 11.7 Å². The third-order valence-corrected chi connectivity index (χ3v) is 4.31. The highest BCUT2D eigenvalue weighted by atomic mass is 35.5. The molecule has 6 heteroatoms. The zero-order valence-electron chi connectivity index (χ0n) is 10.8. The molecule has 3 aromatic rings. The van der Waals surface area contributed by atoms with Crippen molar-refractivity contribution < 1.29 is 0 Å². The molecule has 1 aromatic carbocycles. The standard InChI is InChI=1S/C14H13ClN4O/c15-8-5-6-11-10(7-8)12-13(18-17-11)16-14(20)19(12)9-3-1-2-4-9/h5-7,9H,1-4H2,(H,16,18,20). The molecule has 0 saturated heterocycles. The van der Waals surface area contributed by atoms with Gasteiger partial charge in [0.25, 0.3) is 0 Å². The summed E-state index contributed by atoms with van der Waals surface area (Å²) in [5.74, 6) is 0. The average Bonchev–Trinajstić information content (AvgIpc) is 3.04. The number of rotatable bonds is 1. The fraction of sp³-hybridized carbons (Fsp3) is 0.357. The lowest BCUT2D eigenvalue weighted by atomic mass is 10.2. The monoisotopic (exact) mass is 288 g/mol. The van der Waals surface area contributed by atoms with Crippen LogP contribution in [-0.4, -0.2) is 19.7 Å². The van der Waals surface area contributed by atoms with Crippen LogP contribution in [0.15, 0.2) is 23.0 Å². The molecule has 5 nitrogen and oxygen atoms in total. The van der Waals surface area contributed by atoms with E-state index < -0.39 is 0 Å². The van der Waals surface area contributed by atoms with Crippen LogP contribution in [0.5, 0.6) is 0 Å². The number of aromatic nitrogens is 4. The molecule has 0 spiro atoms. The molecule has 1 aliphatic carbocycles. The fourth-order valence-corrected chi connectivity index (χ4v) is 3.34. The van der Waals surface area contributed by atoms with E-state index in [1.54, 1.807) is 6.07 Å². The third-order valence-electron chi connectivity index (χ3n) is 4.07. The van der Waals surface area contributed by atoms with Crippen molar-refractivity contribution in [2.45, 2.75) is 31.7 Å². The molecule has 4 rings (SSSR count). The SMILES string of the molecule is O=c1[nH]c2nnc3ccc(Cl)cc3c2n1C1CCCC1. The summed E-state index contributed by atoms with van der Waals surface area (Å²) in [6.07, 6.45) is 4.41. The van der Waals surface area contributed by atoms with E-state index in [1.165, 1.54) is 12.8 Å². The van der Waals surface area contributed by atoms with Crippen LogP contribution in [0.4, 0.5) is 0 Å². The Labute approximate surface area is 119 Å². The van der Waals surface area contributed by atoms with Gasteiger partial charge in [-0.1, -0.05) is 24.4 Å². The van der Waals surface area contributed by atoms with Crippen LogP contribution < -0.4 is 5.69 Å². The first-order valence-corrected chi connectivity index (χ1v) is 7.18. The van der Waals surface area contributed by atoms with Gasteiger partial charge in [-0.3, -0.25) is 9.55 Å². The van der Waals surface area contributed by atoms with Crippen LogP contribution in [0.3, 0.4) is 0 Å². The van der Waals surface area contributed by atoms with Crippen molar-refractivity contribution in [3.05, 3.63) is 33.7 Å². The number of nitrogens with zero attached hydrogens (tertiary/aromatic N) is 3. The Balaban J connectivity index is 2.13. The smallest absolute Gasteiger partial charge is 0.289 e. The van der Waals surface area contributed by atoms with Gasteiger partial charge in [0.2, 0.25) is 0 Å². The molecule has 2 heterocycles. The number of H-pyrrole nitrogens is 1. The van der Waals surface area contributed by atoms with Gasteiger partial charge in [-0.2, -0.15) is 0 Å². The third kappa shape index (κ3) is 1.66. The molecule has 2 aromatic heterocycles. The zero-order chi connectivity index (χ0) is 13.7. The summed E-state index contributed by atoms with van der Waals surface area (Å²) in [5, 5.41) is 9.78. The van der Waals surface area contributed by atoms with Crippen LogP contribution in [0, 0.1) is 0 Å². The minimum atomic E-state index is -0.103. The summed E-state index contributed by atoms with van der Waals surface area (Å²) in [6, 6.07) is 5.73. The number of imidazole rings is 1. The van der Waals surface area contributed by atoms with Gasteiger partial charge in [0.15, 0.2) is 5.65 Å².